The minimum absolute atomic E-state index is 0.165. The summed E-state index contributed by atoms with van der Waals surface area (Å²) in [6.07, 6.45) is 1.07. The third kappa shape index (κ3) is 4.64. The van der Waals surface area contributed by atoms with Crippen LogP contribution in [-0.4, -0.2) is 34.9 Å². The van der Waals surface area contributed by atoms with E-state index in [9.17, 15) is 14.5 Å². The first-order valence-corrected chi connectivity index (χ1v) is 11.1. The fourth-order valence-corrected chi connectivity index (χ4v) is 5.77. The Labute approximate surface area is 165 Å². The molecule has 1 fully saturated rings. The highest BCUT2D eigenvalue weighted by atomic mass is 31.2. The van der Waals surface area contributed by atoms with Crippen LogP contribution in [0.25, 0.3) is 0 Å². The van der Waals surface area contributed by atoms with E-state index in [0.717, 1.165) is 0 Å². The van der Waals surface area contributed by atoms with Crippen LogP contribution in [0.4, 0.5) is 0 Å². The van der Waals surface area contributed by atoms with Gasteiger partial charge < -0.3 is 14.4 Å². The predicted molar refractivity (Wildman–Crippen MR) is 108 cm³/mol. The van der Waals surface area contributed by atoms with E-state index in [1.54, 1.807) is 28.9 Å². The number of hydrogen-bond donors (Lipinski definition) is 1. The fourth-order valence-electron chi connectivity index (χ4n) is 3.31. The summed E-state index contributed by atoms with van der Waals surface area (Å²) < 4.78 is 26.8. The molecular weight excluding hydrogens is 377 g/mol. The van der Waals surface area contributed by atoms with Crippen LogP contribution in [-0.2, 0) is 13.9 Å². The molecule has 28 heavy (non-hydrogen) atoms. The van der Waals surface area contributed by atoms with Crippen LogP contribution in [0.15, 0.2) is 54.6 Å². The molecule has 2 atom stereocenters. The smallest absolute Gasteiger partial charge is 0.321 e. The molecule has 3 rings (SSSR count). The molecule has 1 aliphatic rings. The number of aliphatic carboxylic acids is 1. The minimum Gasteiger partial charge on any atom is -0.480 e. The summed E-state index contributed by atoms with van der Waals surface area (Å²) in [4.78, 5) is 11.9. The molecule has 150 valence electrons. The number of hydrogen-bond acceptors (Lipinski definition) is 4. The summed E-state index contributed by atoms with van der Waals surface area (Å²) in [5, 5.41) is 10.2. The van der Waals surface area contributed by atoms with Gasteiger partial charge in [-0.15, -0.1) is 0 Å². The maximum Gasteiger partial charge on any atom is 0.321 e. The maximum absolute atomic E-state index is 13.8. The summed E-state index contributed by atoms with van der Waals surface area (Å²) in [5.41, 5.74) is 0. The Morgan fingerprint density at radius 2 is 1.79 bits per heavy atom. The van der Waals surface area contributed by atoms with Gasteiger partial charge in [-0.05, 0) is 55.2 Å². The lowest BCUT2D eigenvalue weighted by atomic mass is 10.0. The van der Waals surface area contributed by atoms with E-state index in [2.05, 4.69) is 0 Å². The van der Waals surface area contributed by atoms with E-state index < -0.39 is 19.5 Å². The molecule has 0 aliphatic carbocycles. The first kappa shape index (κ1) is 20.6. The van der Waals surface area contributed by atoms with Gasteiger partial charge in [-0.2, -0.15) is 0 Å². The number of para-hydroxylation sites is 1. The third-order valence-electron chi connectivity index (χ3n) is 4.62. The van der Waals surface area contributed by atoms with Gasteiger partial charge in [0.2, 0.25) is 0 Å². The lowest BCUT2D eigenvalue weighted by Gasteiger charge is -2.39. The van der Waals surface area contributed by atoms with Crippen LogP contribution in [0.1, 0.15) is 26.7 Å². The second kappa shape index (κ2) is 8.91. The topological polar surface area (TPSA) is 76.1 Å². The van der Waals surface area contributed by atoms with Crippen molar-refractivity contribution < 1.29 is 23.7 Å². The van der Waals surface area contributed by atoms with E-state index in [0.29, 0.717) is 42.8 Å². The molecule has 1 aliphatic heterocycles. The van der Waals surface area contributed by atoms with Gasteiger partial charge in [0.1, 0.15) is 17.5 Å². The van der Waals surface area contributed by atoms with Gasteiger partial charge in [-0.25, -0.2) is 4.67 Å². The Kier molecular flexibility index (Phi) is 6.55. The summed E-state index contributed by atoms with van der Waals surface area (Å²) in [6.45, 7) is 4.70. The lowest BCUT2D eigenvalue weighted by Crippen LogP contribution is -2.45. The summed E-state index contributed by atoms with van der Waals surface area (Å²) in [6, 6.07) is 15.4. The van der Waals surface area contributed by atoms with Crippen LogP contribution in [0.5, 0.6) is 11.5 Å². The average molecular weight is 403 g/mol. The van der Waals surface area contributed by atoms with E-state index in [-0.39, 0.29) is 5.92 Å². The number of carboxylic acid groups (broad SMARTS) is 1. The highest BCUT2D eigenvalue weighted by Crippen LogP contribution is 2.54. The molecule has 1 N–H and O–H groups in total. The van der Waals surface area contributed by atoms with Crippen LogP contribution in [0.3, 0.4) is 0 Å². The molecular formula is C21H26NO5P. The van der Waals surface area contributed by atoms with Crippen molar-refractivity contribution in [3.63, 3.8) is 0 Å². The highest BCUT2D eigenvalue weighted by Gasteiger charge is 2.43. The molecule has 0 amide bonds. The fraction of sp³-hybridized carbons (Fsp3) is 0.381. The normalized spacial score (nSPS) is 21.4. The molecule has 0 radical (unpaired) electrons. The van der Waals surface area contributed by atoms with Gasteiger partial charge in [0.25, 0.3) is 0 Å². The van der Waals surface area contributed by atoms with Crippen LogP contribution in [0.2, 0.25) is 0 Å². The number of carbonyl (C=O) groups is 1. The number of rotatable bonds is 7. The van der Waals surface area contributed by atoms with Gasteiger partial charge in [0.15, 0.2) is 0 Å². The zero-order chi connectivity index (χ0) is 20.1. The van der Waals surface area contributed by atoms with Crippen molar-refractivity contribution in [2.75, 3.05) is 13.2 Å². The molecule has 0 bridgehead atoms. The molecule has 0 aromatic heterocycles. The number of ether oxygens (including phenoxy) is 1. The van der Waals surface area contributed by atoms with Crippen LogP contribution in [0, 0.1) is 5.92 Å². The summed E-state index contributed by atoms with van der Waals surface area (Å²) in [5.74, 6) is 0.518. The Morgan fingerprint density at radius 1 is 1.14 bits per heavy atom. The number of benzene rings is 2. The van der Waals surface area contributed by atoms with Crippen molar-refractivity contribution in [1.82, 2.24) is 4.67 Å². The highest BCUT2D eigenvalue weighted by molar-refractivity contribution is 7.64. The Balaban J connectivity index is 1.86. The van der Waals surface area contributed by atoms with E-state index in [4.69, 9.17) is 9.26 Å². The zero-order valence-corrected chi connectivity index (χ0v) is 17.0. The predicted octanol–water partition coefficient (Wildman–Crippen LogP) is 4.52. The van der Waals surface area contributed by atoms with Crippen LogP contribution >= 0.6 is 7.52 Å². The van der Waals surface area contributed by atoms with Gasteiger partial charge in [0, 0.05) is 6.54 Å². The largest absolute Gasteiger partial charge is 0.480 e. The summed E-state index contributed by atoms with van der Waals surface area (Å²) >= 11 is 0. The van der Waals surface area contributed by atoms with Crippen LogP contribution < -0.4 is 10.0 Å². The van der Waals surface area contributed by atoms with Crippen molar-refractivity contribution in [2.45, 2.75) is 32.7 Å². The number of carboxylic acids is 1. The molecule has 7 heteroatoms. The molecule has 2 aromatic carbocycles. The first-order valence-electron chi connectivity index (χ1n) is 9.48. The SMILES string of the molecule is CC(C)CC(C(=O)O)N1CCCOP1(=O)c1ccc(Oc2ccccc2)cc1. The monoisotopic (exact) mass is 403 g/mol. The van der Waals surface area contributed by atoms with Gasteiger partial charge in [-0.3, -0.25) is 9.36 Å². The molecule has 0 spiro atoms. The standard InChI is InChI=1S/C21H26NO5P/c1-16(2)15-20(21(23)24)22-13-6-14-26-28(22,25)19-11-9-18(10-12-19)27-17-7-4-3-5-8-17/h3-5,7-12,16,20H,6,13-15H2,1-2H3,(H,23,24). The van der Waals surface area contributed by atoms with E-state index >= 15 is 0 Å². The van der Waals surface area contributed by atoms with Crippen molar-refractivity contribution in [2.24, 2.45) is 5.92 Å². The van der Waals surface area contributed by atoms with Gasteiger partial charge >= 0.3 is 13.5 Å². The molecule has 2 aromatic rings. The van der Waals surface area contributed by atoms with E-state index in [1.165, 1.54) is 0 Å². The molecule has 0 saturated carbocycles. The zero-order valence-electron chi connectivity index (χ0n) is 16.2. The molecule has 1 heterocycles. The average Bonchev–Trinajstić information content (AvgIpc) is 2.68. The Bertz CT molecular complexity index is 838. The first-order chi connectivity index (χ1) is 13.4. The Morgan fingerprint density at radius 3 is 2.39 bits per heavy atom. The van der Waals surface area contributed by atoms with Gasteiger partial charge in [0.05, 0.1) is 11.9 Å². The second-order valence-electron chi connectivity index (χ2n) is 7.26. The number of nitrogens with zero attached hydrogens (tertiary/aromatic N) is 1. The quantitative estimate of drug-likeness (QED) is 0.685. The molecule has 6 nitrogen and oxygen atoms in total. The lowest BCUT2D eigenvalue weighted by molar-refractivity contribution is -0.142. The minimum atomic E-state index is -3.45. The maximum atomic E-state index is 13.8. The molecule has 2 unspecified atom stereocenters. The van der Waals surface area contributed by atoms with E-state index in [1.807, 2.05) is 44.2 Å². The van der Waals surface area contributed by atoms with Gasteiger partial charge in [-0.1, -0.05) is 32.0 Å². The van der Waals surface area contributed by atoms with Crippen molar-refractivity contribution in [3.8, 4) is 11.5 Å². The molecule has 1 saturated heterocycles. The van der Waals surface area contributed by atoms with Crippen molar-refractivity contribution in [1.29, 1.82) is 0 Å². The Hall–Kier alpha value is -2.14. The summed E-state index contributed by atoms with van der Waals surface area (Å²) in [7, 11) is -3.45. The van der Waals surface area contributed by atoms with Crippen molar-refractivity contribution >= 4 is 18.8 Å². The second-order valence-corrected chi connectivity index (χ2v) is 9.59. The van der Waals surface area contributed by atoms with Crippen molar-refractivity contribution in [3.05, 3.63) is 54.6 Å². The third-order valence-corrected chi connectivity index (χ3v) is 7.26.